The number of carbonyl (C=O) groups excluding carboxylic acids is 6. The average molecular weight is 938 g/mol. The minimum Gasteiger partial charge on any atom is -0.508 e. The minimum atomic E-state index is -1.70. The van der Waals surface area contributed by atoms with E-state index in [1.54, 1.807) is 30.3 Å². The monoisotopic (exact) mass is 938 g/mol. The Bertz CT molecular complexity index is 2010. The molecule has 6 amide bonds. The largest absolute Gasteiger partial charge is 0.508 e. The highest BCUT2D eigenvalue weighted by Gasteiger charge is 2.34. The number of nitrogens with zero attached hydrogens (tertiary/aromatic N) is 2. The van der Waals surface area contributed by atoms with Crippen LogP contribution < -0.4 is 60.2 Å². The molecule has 3 rings (SSSR count). The van der Waals surface area contributed by atoms with Crippen molar-refractivity contribution in [1.29, 1.82) is 0 Å². The van der Waals surface area contributed by atoms with Gasteiger partial charge < -0.3 is 75.5 Å². The number of phenolic OH excluding ortho intramolecular Hbond substituents is 1. The summed E-state index contributed by atoms with van der Waals surface area (Å²) in [6.45, 7) is 3.62. The number of nitrogens with one attached hydrogen (secondary N) is 7. The Hall–Kier alpha value is -7.01. The van der Waals surface area contributed by atoms with Crippen LogP contribution in [0.4, 0.5) is 0 Å². The van der Waals surface area contributed by atoms with Crippen LogP contribution in [0.15, 0.2) is 64.6 Å². The number of amides is 6. The van der Waals surface area contributed by atoms with Gasteiger partial charge in [0.05, 0.1) is 12.6 Å². The fraction of sp³-hybridized carbons (Fsp3) is 0.523. The first-order valence-corrected chi connectivity index (χ1v) is 22.2. The summed E-state index contributed by atoms with van der Waals surface area (Å²) in [5, 5.41) is 47.9. The molecule has 1 aliphatic rings. The molecule has 18 N–H and O–H groups in total. The molecule has 0 saturated carbocycles. The molecule has 67 heavy (non-hydrogen) atoms. The van der Waals surface area contributed by atoms with E-state index in [1.807, 2.05) is 13.8 Å². The summed E-state index contributed by atoms with van der Waals surface area (Å²) in [6, 6.07) is 5.69. The zero-order valence-electron chi connectivity index (χ0n) is 37.9. The smallest absolute Gasteiger partial charge is 0.328 e. The molecular formula is C44H67N13O10. The number of phenols is 1. The van der Waals surface area contributed by atoms with Crippen LogP contribution in [-0.4, -0.2) is 137 Å². The maximum atomic E-state index is 14.4. The predicted octanol–water partition coefficient (Wildman–Crippen LogP) is -2.93. The number of aliphatic carboxylic acids is 1. The molecule has 23 nitrogen and oxygen atoms in total. The molecule has 0 aromatic heterocycles. The summed E-state index contributed by atoms with van der Waals surface area (Å²) in [6.07, 6.45) is 1.79. The van der Waals surface area contributed by atoms with Crippen molar-refractivity contribution in [2.45, 2.75) is 114 Å². The van der Waals surface area contributed by atoms with Crippen molar-refractivity contribution in [2.75, 3.05) is 26.2 Å². The summed E-state index contributed by atoms with van der Waals surface area (Å²) in [5.41, 5.74) is 23.1. The number of aliphatic imine (C=N–C) groups is 2. The van der Waals surface area contributed by atoms with Gasteiger partial charge in [-0.15, -0.1) is 0 Å². The lowest BCUT2D eigenvalue weighted by Gasteiger charge is -2.28. The normalized spacial score (nSPS) is 15.9. The van der Waals surface area contributed by atoms with Gasteiger partial charge in [-0.3, -0.25) is 38.8 Å². The van der Waals surface area contributed by atoms with E-state index in [-0.39, 0.29) is 81.1 Å². The van der Waals surface area contributed by atoms with Gasteiger partial charge in [-0.05, 0) is 80.7 Å². The van der Waals surface area contributed by atoms with Crippen LogP contribution in [0.2, 0.25) is 0 Å². The first-order chi connectivity index (χ1) is 31.9. The first-order valence-electron chi connectivity index (χ1n) is 22.2. The Balaban J connectivity index is 1.94. The molecule has 0 unspecified atom stereocenters. The van der Waals surface area contributed by atoms with E-state index in [0.29, 0.717) is 30.5 Å². The molecule has 23 heteroatoms. The summed E-state index contributed by atoms with van der Waals surface area (Å²) in [7, 11) is 0. The van der Waals surface area contributed by atoms with Gasteiger partial charge in [0.1, 0.15) is 42.0 Å². The summed E-state index contributed by atoms with van der Waals surface area (Å²) in [4.78, 5) is 103. The van der Waals surface area contributed by atoms with Gasteiger partial charge in [0.2, 0.25) is 35.4 Å². The van der Waals surface area contributed by atoms with E-state index < -0.39 is 84.4 Å². The molecule has 2 aromatic rings. The zero-order chi connectivity index (χ0) is 49.5. The van der Waals surface area contributed by atoms with Crippen molar-refractivity contribution in [3.63, 3.8) is 0 Å². The fourth-order valence-electron chi connectivity index (χ4n) is 7.11. The molecule has 0 radical (unpaired) electrons. The maximum Gasteiger partial charge on any atom is 0.328 e. The highest BCUT2D eigenvalue weighted by molar-refractivity contribution is 5.97. The summed E-state index contributed by atoms with van der Waals surface area (Å²) >= 11 is 0. The molecule has 0 aliphatic carbocycles. The Labute approximate surface area is 389 Å². The number of rotatable bonds is 28. The van der Waals surface area contributed by atoms with E-state index in [9.17, 15) is 48.9 Å². The van der Waals surface area contributed by atoms with Crippen LogP contribution in [0.3, 0.4) is 0 Å². The number of aliphatic hydroxyl groups is 1. The molecule has 368 valence electrons. The third-order valence-corrected chi connectivity index (χ3v) is 10.6. The van der Waals surface area contributed by atoms with E-state index in [0.717, 1.165) is 6.42 Å². The van der Waals surface area contributed by atoms with Crippen molar-refractivity contribution in [3.05, 3.63) is 65.7 Å². The SMILES string of the molecule is CC(C)C[C@H](NC(=O)[C@H](CCCN=C(N)N)NC(=O)[C@@H]1CCCN1)C(=O)N[C@@H](CCCN=C(N)N)C(=O)N[C@@H](Cc1ccccc1)C(=O)N[C@@H](Cc1ccc(O)cc1)C(=O)N[C@@H](CO)C(=O)O. The number of carboxylic acids is 1. The maximum absolute atomic E-state index is 14.4. The number of aromatic hydroxyl groups is 1. The lowest BCUT2D eigenvalue weighted by atomic mass is 10.00. The van der Waals surface area contributed by atoms with Crippen LogP contribution in [-0.2, 0) is 46.4 Å². The number of benzene rings is 2. The number of carboxylic acid groups (broad SMARTS) is 1. The van der Waals surface area contributed by atoms with Crippen molar-refractivity contribution in [2.24, 2.45) is 38.8 Å². The lowest BCUT2D eigenvalue weighted by molar-refractivity contribution is -0.143. The number of hydrogen-bond donors (Lipinski definition) is 14. The first kappa shape index (κ1) is 54.3. The van der Waals surface area contributed by atoms with Crippen molar-refractivity contribution in [1.82, 2.24) is 37.2 Å². The second kappa shape index (κ2) is 28.1. The van der Waals surface area contributed by atoms with Crippen LogP contribution in [0.25, 0.3) is 0 Å². The molecule has 1 aliphatic heterocycles. The molecule has 1 fully saturated rings. The standard InChI is InChI=1S/C44H67N13O10/c1-25(2)21-32(54-37(61)30(12-7-19-50-43(45)46)52-36(60)29-11-6-18-49-29)39(63)53-31(13-8-20-51-44(47)48)38(62)55-33(22-26-9-4-3-5-10-26)40(64)56-34(23-27-14-16-28(59)17-15-27)41(65)57-35(24-58)42(66)67/h3-5,9-10,14-17,25,29-35,49,58-59H,6-8,11-13,18-24H2,1-2H3,(H,52,60)(H,53,63)(H,54,61)(H,55,62)(H,56,64)(H,57,65)(H,66,67)(H4,45,46,50)(H4,47,48,51)/t29-,30-,31-,32-,33-,34-,35-/m0/s1. The molecule has 1 heterocycles. The zero-order valence-corrected chi connectivity index (χ0v) is 37.9. The van der Waals surface area contributed by atoms with Gasteiger partial charge in [0.15, 0.2) is 11.9 Å². The highest BCUT2D eigenvalue weighted by atomic mass is 16.4. The van der Waals surface area contributed by atoms with Gasteiger partial charge >= 0.3 is 5.97 Å². The van der Waals surface area contributed by atoms with Gasteiger partial charge in [-0.2, -0.15) is 0 Å². The third-order valence-electron chi connectivity index (χ3n) is 10.6. The third kappa shape index (κ3) is 20.0. The van der Waals surface area contributed by atoms with E-state index in [1.165, 1.54) is 24.3 Å². The lowest BCUT2D eigenvalue weighted by Crippen LogP contribution is -2.60. The van der Waals surface area contributed by atoms with Crippen LogP contribution in [0, 0.1) is 5.92 Å². The second-order valence-electron chi connectivity index (χ2n) is 16.6. The topological polar surface area (TPSA) is 393 Å². The average Bonchev–Trinajstić information content (AvgIpc) is 3.83. The molecule has 0 spiro atoms. The predicted molar refractivity (Wildman–Crippen MR) is 249 cm³/mol. The fourth-order valence-corrected chi connectivity index (χ4v) is 7.11. The van der Waals surface area contributed by atoms with E-state index in [4.69, 9.17) is 22.9 Å². The Morgan fingerprint density at radius 3 is 1.55 bits per heavy atom. The molecular weight excluding hydrogens is 871 g/mol. The minimum absolute atomic E-state index is 0.0438. The number of nitrogens with two attached hydrogens (primary N) is 4. The quantitative estimate of drug-likeness (QED) is 0.0231. The number of aliphatic hydroxyl groups excluding tert-OH is 1. The number of guanidine groups is 2. The van der Waals surface area contributed by atoms with Gasteiger partial charge in [-0.25, -0.2) is 4.79 Å². The Morgan fingerprint density at radius 2 is 1.09 bits per heavy atom. The van der Waals surface area contributed by atoms with Crippen molar-refractivity contribution in [3.8, 4) is 5.75 Å². The summed E-state index contributed by atoms with van der Waals surface area (Å²) in [5.74, 6) is -6.46. The number of carbonyl (C=O) groups is 7. The van der Waals surface area contributed by atoms with Crippen molar-refractivity contribution >= 4 is 53.3 Å². The molecule has 1 saturated heterocycles. The van der Waals surface area contributed by atoms with Crippen molar-refractivity contribution < 1.29 is 48.9 Å². The van der Waals surface area contributed by atoms with Crippen LogP contribution >= 0.6 is 0 Å². The van der Waals surface area contributed by atoms with Gasteiger partial charge in [0, 0.05) is 25.9 Å². The Kier molecular flexibility index (Phi) is 22.8. The van der Waals surface area contributed by atoms with E-state index in [2.05, 4.69) is 47.2 Å². The van der Waals surface area contributed by atoms with Gasteiger partial charge in [-0.1, -0.05) is 56.3 Å². The summed E-state index contributed by atoms with van der Waals surface area (Å²) < 4.78 is 0. The van der Waals surface area contributed by atoms with E-state index >= 15 is 0 Å². The molecule has 0 bridgehead atoms. The van der Waals surface area contributed by atoms with Crippen LogP contribution in [0.5, 0.6) is 5.75 Å². The van der Waals surface area contributed by atoms with Crippen LogP contribution in [0.1, 0.15) is 69.9 Å². The molecule has 2 aromatic carbocycles. The molecule has 7 atom stereocenters. The highest BCUT2D eigenvalue weighted by Crippen LogP contribution is 2.14. The Morgan fingerprint density at radius 1 is 0.642 bits per heavy atom. The number of hydrogen-bond acceptors (Lipinski definition) is 12. The second-order valence-corrected chi connectivity index (χ2v) is 16.6. The van der Waals surface area contributed by atoms with Gasteiger partial charge in [0.25, 0.3) is 0 Å².